The van der Waals surface area contributed by atoms with Crippen LogP contribution in [-0.2, 0) is 9.59 Å². The van der Waals surface area contributed by atoms with Gasteiger partial charge in [-0.2, -0.15) is 0 Å². The van der Waals surface area contributed by atoms with Gasteiger partial charge in [-0.1, -0.05) is 58.9 Å². The number of anilines is 1. The van der Waals surface area contributed by atoms with Crippen molar-refractivity contribution in [1.82, 2.24) is 10.2 Å². The molecule has 1 fully saturated rings. The highest BCUT2D eigenvalue weighted by Gasteiger charge is 2.31. The summed E-state index contributed by atoms with van der Waals surface area (Å²) in [7, 11) is 0. The van der Waals surface area contributed by atoms with Crippen molar-refractivity contribution in [2.45, 2.75) is 37.1 Å². The molecule has 1 atom stereocenters. The number of nitrogens with zero attached hydrogens (tertiary/aromatic N) is 2. The number of nitrogens with one attached hydrogen (secondary N) is 1. The first kappa shape index (κ1) is 22.1. The Bertz CT molecular complexity index is 1010. The van der Waals surface area contributed by atoms with E-state index in [1.807, 2.05) is 54.6 Å². The van der Waals surface area contributed by atoms with Gasteiger partial charge in [0.1, 0.15) is 6.54 Å². The maximum absolute atomic E-state index is 13.3. The number of benzene rings is 2. The fourth-order valence-corrected chi connectivity index (χ4v) is 5.60. The van der Waals surface area contributed by atoms with Crippen molar-refractivity contribution in [3.8, 4) is 0 Å². The molecule has 2 aliphatic heterocycles. The van der Waals surface area contributed by atoms with E-state index in [0.29, 0.717) is 17.6 Å². The number of halogens is 1. The molecule has 31 heavy (non-hydrogen) atoms. The lowest BCUT2D eigenvalue weighted by Crippen LogP contribution is -2.46. The predicted molar refractivity (Wildman–Crippen MR) is 130 cm³/mol. The molecule has 1 unspecified atom stereocenters. The summed E-state index contributed by atoms with van der Waals surface area (Å²) in [6.07, 6.45) is 5.34. The minimum atomic E-state index is -0.147. The molecule has 2 aromatic rings. The number of likely N-dealkylation sites (tertiary alicyclic amines) is 1. The van der Waals surface area contributed by atoms with E-state index in [1.165, 1.54) is 24.6 Å². The van der Waals surface area contributed by atoms with E-state index >= 15 is 0 Å². The molecule has 162 valence electrons. The van der Waals surface area contributed by atoms with E-state index in [2.05, 4.69) is 33.1 Å². The minimum absolute atomic E-state index is 0.0108. The molecule has 7 heteroatoms. The van der Waals surface area contributed by atoms with Crippen LogP contribution >= 0.6 is 27.7 Å². The number of carbonyl (C=O) groups excluding carboxylic acids is 2. The Morgan fingerprint density at radius 1 is 1.26 bits per heavy atom. The first-order valence-electron chi connectivity index (χ1n) is 10.6. The lowest BCUT2D eigenvalue weighted by molar-refractivity contribution is -0.123. The van der Waals surface area contributed by atoms with Crippen molar-refractivity contribution in [3.63, 3.8) is 0 Å². The molecule has 0 saturated carbocycles. The molecule has 1 N–H and O–H groups in total. The number of thioether (sulfide) groups is 1. The SMILES string of the molecule is CCC1CCCN1CNC(=O)CN1C(=O)/C(=C/c2cccc(Br)c2)Sc2ccccc21. The van der Waals surface area contributed by atoms with Crippen LogP contribution in [0.15, 0.2) is 62.8 Å². The van der Waals surface area contributed by atoms with Gasteiger partial charge in [-0.15, -0.1) is 0 Å². The summed E-state index contributed by atoms with van der Waals surface area (Å²) in [4.78, 5) is 31.6. The zero-order chi connectivity index (χ0) is 21.8. The van der Waals surface area contributed by atoms with Crippen LogP contribution < -0.4 is 10.2 Å². The Morgan fingerprint density at radius 2 is 2.10 bits per heavy atom. The molecule has 2 amide bonds. The number of fused-ring (bicyclic) bond motifs is 1. The molecule has 1 saturated heterocycles. The van der Waals surface area contributed by atoms with Crippen LogP contribution in [-0.4, -0.2) is 42.5 Å². The minimum Gasteiger partial charge on any atom is -0.342 e. The molecule has 0 spiro atoms. The first-order chi connectivity index (χ1) is 15.0. The third kappa shape index (κ3) is 5.22. The predicted octanol–water partition coefficient (Wildman–Crippen LogP) is 4.88. The Kier molecular flexibility index (Phi) is 7.15. The van der Waals surface area contributed by atoms with E-state index < -0.39 is 0 Å². The molecule has 2 aliphatic rings. The van der Waals surface area contributed by atoms with Gasteiger partial charge in [-0.3, -0.25) is 19.4 Å². The lowest BCUT2D eigenvalue weighted by atomic mass is 10.2. The zero-order valence-corrected chi connectivity index (χ0v) is 19.9. The normalized spacial score (nSPS) is 20.2. The molecule has 5 nitrogen and oxygen atoms in total. The van der Waals surface area contributed by atoms with Crippen LogP contribution in [0.5, 0.6) is 0 Å². The molecule has 0 aliphatic carbocycles. The van der Waals surface area contributed by atoms with E-state index in [1.54, 1.807) is 4.90 Å². The third-order valence-corrected chi connectivity index (χ3v) is 7.30. The molecule has 2 aromatic carbocycles. The molecule has 4 rings (SSSR count). The van der Waals surface area contributed by atoms with Gasteiger partial charge in [0.25, 0.3) is 5.91 Å². The van der Waals surface area contributed by atoms with E-state index in [9.17, 15) is 9.59 Å². The third-order valence-electron chi connectivity index (χ3n) is 5.73. The van der Waals surface area contributed by atoms with Gasteiger partial charge in [0, 0.05) is 22.0 Å². The average Bonchev–Trinajstić information content (AvgIpc) is 3.23. The first-order valence-corrected chi connectivity index (χ1v) is 12.2. The van der Waals surface area contributed by atoms with Gasteiger partial charge in [0.05, 0.1) is 17.3 Å². The van der Waals surface area contributed by atoms with Crippen molar-refractivity contribution in [3.05, 3.63) is 63.5 Å². The summed E-state index contributed by atoms with van der Waals surface area (Å²) in [6, 6.07) is 16.1. The summed E-state index contributed by atoms with van der Waals surface area (Å²) in [5.74, 6) is -0.287. The zero-order valence-electron chi connectivity index (χ0n) is 17.5. The highest BCUT2D eigenvalue weighted by atomic mass is 79.9. The summed E-state index contributed by atoms with van der Waals surface area (Å²) >= 11 is 4.93. The number of hydrogen-bond donors (Lipinski definition) is 1. The van der Waals surface area contributed by atoms with E-state index in [4.69, 9.17) is 0 Å². The lowest BCUT2D eigenvalue weighted by Gasteiger charge is -2.30. The second-order valence-electron chi connectivity index (χ2n) is 7.80. The van der Waals surface area contributed by atoms with Crippen LogP contribution in [0, 0.1) is 0 Å². The Morgan fingerprint density at radius 3 is 2.90 bits per heavy atom. The topological polar surface area (TPSA) is 52.7 Å². The smallest absolute Gasteiger partial charge is 0.265 e. The number of para-hydroxylation sites is 1. The monoisotopic (exact) mass is 499 g/mol. The van der Waals surface area contributed by atoms with Crippen molar-refractivity contribution < 1.29 is 9.59 Å². The summed E-state index contributed by atoms with van der Waals surface area (Å²) in [6.45, 7) is 3.75. The maximum Gasteiger partial charge on any atom is 0.265 e. The second kappa shape index (κ2) is 10.0. The van der Waals surface area contributed by atoms with E-state index in [-0.39, 0.29) is 18.4 Å². The summed E-state index contributed by atoms with van der Waals surface area (Å²) in [5, 5.41) is 3.02. The number of rotatable bonds is 6. The van der Waals surface area contributed by atoms with Gasteiger partial charge in [-0.25, -0.2) is 0 Å². The second-order valence-corrected chi connectivity index (χ2v) is 9.80. The number of hydrogen-bond acceptors (Lipinski definition) is 4. The van der Waals surface area contributed by atoms with Crippen molar-refractivity contribution >= 4 is 51.3 Å². The van der Waals surface area contributed by atoms with Crippen LogP contribution in [0.4, 0.5) is 5.69 Å². The molecular formula is C24H26BrN3O2S. The molecule has 0 aromatic heterocycles. The average molecular weight is 500 g/mol. The van der Waals surface area contributed by atoms with Crippen molar-refractivity contribution in [2.24, 2.45) is 0 Å². The highest BCUT2D eigenvalue weighted by molar-refractivity contribution is 9.10. The van der Waals surface area contributed by atoms with Gasteiger partial charge < -0.3 is 5.32 Å². The van der Waals surface area contributed by atoms with Crippen molar-refractivity contribution in [1.29, 1.82) is 0 Å². The summed E-state index contributed by atoms with van der Waals surface area (Å²) in [5.41, 5.74) is 1.72. The number of amides is 2. The highest BCUT2D eigenvalue weighted by Crippen LogP contribution is 2.42. The molecule has 0 bridgehead atoms. The standard InChI is InChI=1S/C24H26BrN3O2S/c1-2-19-9-6-12-27(19)16-26-23(29)15-28-20-10-3-4-11-21(20)31-22(24(28)30)14-17-7-5-8-18(25)13-17/h3-5,7-8,10-11,13-14,19H,2,6,9,12,15-16H2,1H3,(H,26,29)/b22-14-. The quantitative estimate of drug-likeness (QED) is 0.575. The summed E-state index contributed by atoms with van der Waals surface area (Å²) < 4.78 is 0.957. The van der Waals surface area contributed by atoms with Gasteiger partial charge >= 0.3 is 0 Å². The van der Waals surface area contributed by atoms with E-state index in [0.717, 1.165) is 33.6 Å². The van der Waals surface area contributed by atoms with Gasteiger partial charge in [-0.05, 0) is 55.2 Å². The van der Waals surface area contributed by atoms with Crippen LogP contribution in [0.25, 0.3) is 6.08 Å². The number of carbonyl (C=O) groups is 2. The largest absolute Gasteiger partial charge is 0.342 e. The van der Waals surface area contributed by atoms with Crippen LogP contribution in [0.1, 0.15) is 31.7 Å². The molecule has 0 radical (unpaired) electrons. The molecule has 2 heterocycles. The van der Waals surface area contributed by atoms with Crippen LogP contribution in [0.2, 0.25) is 0 Å². The fourth-order valence-electron chi connectivity index (χ4n) is 4.12. The maximum atomic E-state index is 13.3. The van der Waals surface area contributed by atoms with Crippen molar-refractivity contribution in [2.75, 3.05) is 24.7 Å². The fraction of sp³-hybridized carbons (Fsp3) is 0.333. The Hall–Kier alpha value is -2.09. The Labute approximate surface area is 196 Å². The van der Waals surface area contributed by atoms with Crippen LogP contribution in [0.3, 0.4) is 0 Å². The molecular weight excluding hydrogens is 474 g/mol. The van der Waals surface area contributed by atoms with Gasteiger partial charge in [0.15, 0.2) is 0 Å². The van der Waals surface area contributed by atoms with Gasteiger partial charge in [0.2, 0.25) is 5.91 Å². The Balaban J connectivity index is 1.51.